The highest BCUT2D eigenvalue weighted by Gasteiger charge is 2.50. The molecular weight excluding hydrogens is 359 g/mol. The van der Waals surface area contributed by atoms with E-state index >= 15 is 0 Å². The van der Waals surface area contributed by atoms with Gasteiger partial charge < -0.3 is 9.88 Å². The summed E-state index contributed by atoms with van der Waals surface area (Å²) < 4.78 is 14.5. The van der Waals surface area contributed by atoms with Crippen LogP contribution < -0.4 is 0 Å². The van der Waals surface area contributed by atoms with Crippen molar-refractivity contribution in [3.8, 4) is 0 Å². The van der Waals surface area contributed by atoms with Gasteiger partial charge in [-0.25, -0.2) is 4.39 Å². The van der Waals surface area contributed by atoms with E-state index in [4.69, 9.17) is 0 Å². The molecule has 1 amide bonds. The number of amides is 1. The highest BCUT2D eigenvalue weighted by molar-refractivity contribution is 6.42. The van der Waals surface area contributed by atoms with E-state index in [2.05, 4.69) is 4.98 Å². The van der Waals surface area contributed by atoms with E-state index in [1.165, 1.54) is 30.0 Å². The third-order valence-electron chi connectivity index (χ3n) is 5.36. The Morgan fingerprint density at radius 2 is 1.82 bits per heavy atom. The number of nitrogens with zero attached hydrogens (tertiary/aromatic N) is 1. The standard InChI is InChI=1S/C22H19FN2O3/c1-13(26)19-20(16-7-2-4-8-17(16)23)25(22(28)21(19)27)11-10-14-12-24-18-9-5-3-6-15(14)18/h2-9,12,19-20,24H,10-11H2,1H3. The van der Waals surface area contributed by atoms with Gasteiger partial charge in [0.1, 0.15) is 17.5 Å². The minimum Gasteiger partial charge on any atom is -0.361 e. The Balaban J connectivity index is 1.69. The van der Waals surface area contributed by atoms with Gasteiger partial charge in [-0.05, 0) is 31.0 Å². The van der Waals surface area contributed by atoms with Crippen LogP contribution in [0.4, 0.5) is 4.39 Å². The maximum Gasteiger partial charge on any atom is 0.291 e. The number of nitrogens with one attached hydrogen (secondary N) is 1. The molecule has 0 bridgehead atoms. The van der Waals surface area contributed by atoms with Crippen molar-refractivity contribution in [1.82, 2.24) is 9.88 Å². The zero-order valence-electron chi connectivity index (χ0n) is 15.3. The second kappa shape index (κ2) is 7.03. The Bertz CT molecular complexity index is 1090. The lowest BCUT2D eigenvalue weighted by Gasteiger charge is -2.27. The number of aromatic nitrogens is 1. The smallest absolute Gasteiger partial charge is 0.291 e. The number of ketones is 2. The van der Waals surface area contributed by atoms with Crippen LogP contribution in [-0.2, 0) is 20.8 Å². The van der Waals surface area contributed by atoms with Crippen LogP contribution in [-0.4, -0.2) is 33.9 Å². The van der Waals surface area contributed by atoms with Crippen molar-refractivity contribution in [2.24, 2.45) is 5.92 Å². The summed E-state index contributed by atoms with van der Waals surface area (Å²) >= 11 is 0. The summed E-state index contributed by atoms with van der Waals surface area (Å²) in [5.74, 6) is -3.63. The van der Waals surface area contributed by atoms with E-state index in [1.54, 1.807) is 6.07 Å². The molecule has 1 saturated heterocycles. The van der Waals surface area contributed by atoms with Crippen molar-refractivity contribution in [3.63, 3.8) is 0 Å². The molecule has 4 rings (SSSR count). The molecule has 2 aromatic carbocycles. The van der Waals surface area contributed by atoms with Gasteiger partial charge in [-0.2, -0.15) is 0 Å². The molecule has 28 heavy (non-hydrogen) atoms. The molecule has 1 aliphatic rings. The van der Waals surface area contributed by atoms with Crippen LogP contribution in [0.1, 0.15) is 24.1 Å². The third kappa shape index (κ3) is 2.91. The van der Waals surface area contributed by atoms with Crippen LogP contribution in [0.25, 0.3) is 10.9 Å². The minimum atomic E-state index is -1.17. The fourth-order valence-electron chi connectivity index (χ4n) is 4.01. The quantitative estimate of drug-likeness (QED) is 0.547. The number of hydrogen-bond donors (Lipinski definition) is 1. The number of likely N-dealkylation sites (tertiary alicyclic amines) is 1. The molecule has 1 N–H and O–H groups in total. The van der Waals surface area contributed by atoms with Crippen LogP contribution in [0.2, 0.25) is 0 Å². The van der Waals surface area contributed by atoms with E-state index in [9.17, 15) is 18.8 Å². The number of carbonyl (C=O) groups excluding carboxylic acids is 3. The third-order valence-corrected chi connectivity index (χ3v) is 5.36. The number of hydrogen-bond acceptors (Lipinski definition) is 3. The van der Waals surface area contributed by atoms with E-state index in [0.29, 0.717) is 6.42 Å². The molecule has 142 valence electrons. The Labute approximate surface area is 161 Å². The van der Waals surface area contributed by atoms with Gasteiger partial charge in [-0.3, -0.25) is 14.4 Å². The number of rotatable bonds is 5. The molecule has 2 heterocycles. The lowest BCUT2D eigenvalue weighted by atomic mass is 9.89. The average Bonchev–Trinajstić information content (AvgIpc) is 3.20. The van der Waals surface area contributed by atoms with Gasteiger partial charge in [0.2, 0.25) is 5.78 Å². The first-order valence-corrected chi connectivity index (χ1v) is 9.13. The number of fused-ring (bicyclic) bond motifs is 1. The van der Waals surface area contributed by atoms with E-state index < -0.39 is 35.3 Å². The fraction of sp³-hybridized carbons (Fsp3) is 0.227. The monoisotopic (exact) mass is 378 g/mol. The Morgan fingerprint density at radius 1 is 1.11 bits per heavy atom. The second-order valence-electron chi connectivity index (χ2n) is 7.03. The van der Waals surface area contributed by atoms with Crippen molar-refractivity contribution in [2.45, 2.75) is 19.4 Å². The summed E-state index contributed by atoms with van der Waals surface area (Å²) in [5.41, 5.74) is 2.17. The molecule has 1 aromatic heterocycles. The molecule has 5 nitrogen and oxygen atoms in total. The molecular formula is C22H19FN2O3. The molecule has 0 aliphatic carbocycles. The molecule has 0 spiro atoms. The minimum absolute atomic E-state index is 0.195. The first-order valence-electron chi connectivity index (χ1n) is 9.13. The normalized spacial score (nSPS) is 19.6. The summed E-state index contributed by atoms with van der Waals surface area (Å²) in [6.07, 6.45) is 2.35. The number of carbonyl (C=O) groups is 3. The van der Waals surface area contributed by atoms with Gasteiger partial charge in [0.15, 0.2) is 0 Å². The van der Waals surface area contributed by atoms with Gasteiger partial charge in [0.05, 0.1) is 6.04 Å². The molecule has 2 unspecified atom stereocenters. The van der Waals surface area contributed by atoms with Gasteiger partial charge >= 0.3 is 0 Å². The maximum atomic E-state index is 14.5. The van der Waals surface area contributed by atoms with Gasteiger partial charge in [0, 0.05) is 29.2 Å². The van der Waals surface area contributed by atoms with Crippen molar-refractivity contribution in [1.29, 1.82) is 0 Å². The summed E-state index contributed by atoms with van der Waals surface area (Å²) in [5, 5.41) is 1.03. The number of halogens is 1. The molecule has 0 saturated carbocycles. The second-order valence-corrected chi connectivity index (χ2v) is 7.03. The SMILES string of the molecule is CC(=O)C1C(=O)C(=O)N(CCc2c[nH]c3ccccc23)C1c1ccccc1F. The Kier molecular flexibility index (Phi) is 4.55. The number of H-pyrrole nitrogens is 1. The first kappa shape index (κ1) is 18.1. The Hall–Kier alpha value is -3.28. The molecule has 2 atom stereocenters. The van der Waals surface area contributed by atoms with E-state index in [0.717, 1.165) is 16.5 Å². The van der Waals surface area contributed by atoms with Crippen molar-refractivity contribution >= 4 is 28.4 Å². The van der Waals surface area contributed by atoms with Gasteiger partial charge in [-0.1, -0.05) is 36.4 Å². The van der Waals surface area contributed by atoms with E-state index in [1.807, 2.05) is 30.5 Å². The van der Waals surface area contributed by atoms with Crippen LogP contribution in [0, 0.1) is 11.7 Å². The van der Waals surface area contributed by atoms with Crippen molar-refractivity contribution in [3.05, 3.63) is 71.7 Å². The molecule has 0 radical (unpaired) electrons. The van der Waals surface area contributed by atoms with Gasteiger partial charge in [-0.15, -0.1) is 0 Å². The summed E-state index contributed by atoms with van der Waals surface area (Å²) in [4.78, 5) is 41.8. The number of benzene rings is 2. The average molecular weight is 378 g/mol. The molecule has 3 aromatic rings. The summed E-state index contributed by atoms with van der Waals surface area (Å²) in [7, 11) is 0. The Morgan fingerprint density at radius 3 is 2.57 bits per heavy atom. The summed E-state index contributed by atoms with van der Waals surface area (Å²) in [6, 6.07) is 12.9. The zero-order chi connectivity index (χ0) is 19.8. The van der Waals surface area contributed by atoms with E-state index in [-0.39, 0.29) is 12.1 Å². The predicted octanol–water partition coefficient (Wildman–Crippen LogP) is 3.21. The lowest BCUT2D eigenvalue weighted by molar-refractivity contribution is -0.142. The molecule has 1 aliphatic heterocycles. The molecule has 1 fully saturated rings. The topological polar surface area (TPSA) is 70.2 Å². The van der Waals surface area contributed by atoms with Crippen LogP contribution in [0.5, 0.6) is 0 Å². The lowest BCUT2D eigenvalue weighted by Crippen LogP contribution is -2.32. The number of para-hydroxylation sites is 1. The van der Waals surface area contributed by atoms with Crippen molar-refractivity contribution < 1.29 is 18.8 Å². The van der Waals surface area contributed by atoms with Gasteiger partial charge in [0.25, 0.3) is 5.91 Å². The highest BCUT2D eigenvalue weighted by Crippen LogP contribution is 2.38. The number of aromatic amines is 1. The van der Waals surface area contributed by atoms with Crippen LogP contribution in [0.3, 0.4) is 0 Å². The van der Waals surface area contributed by atoms with Crippen LogP contribution >= 0.6 is 0 Å². The largest absolute Gasteiger partial charge is 0.361 e. The summed E-state index contributed by atoms with van der Waals surface area (Å²) in [6.45, 7) is 1.49. The first-order chi connectivity index (χ1) is 13.5. The predicted molar refractivity (Wildman–Crippen MR) is 102 cm³/mol. The number of Topliss-reactive ketones (excluding diaryl/α,β-unsaturated/α-hetero) is 2. The molecule has 6 heteroatoms. The van der Waals surface area contributed by atoms with Crippen molar-refractivity contribution in [2.75, 3.05) is 6.54 Å². The fourth-order valence-corrected chi connectivity index (χ4v) is 4.01. The van der Waals surface area contributed by atoms with Crippen LogP contribution in [0.15, 0.2) is 54.7 Å². The maximum absolute atomic E-state index is 14.5. The highest BCUT2D eigenvalue weighted by atomic mass is 19.1. The zero-order valence-corrected chi connectivity index (χ0v) is 15.3.